The Morgan fingerprint density at radius 3 is 1.55 bits per heavy atom. The molecular formula is C38H70O2. The van der Waals surface area contributed by atoms with Crippen molar-refractivity contribution in [2.75, 3.05) is 6.61 Å². The fourth-order valence-corrected chi connectivity index (χ4v) is 5.07. The van der Waals surface area contributed by atoms with Gasteiger partial charge in [0.1, 0.15) is 0 Å². The summed E-state index contributed by atoms with van der Waals surface area (Å²) in [6.45, 7) is 7.48. The molecule has 0 aromatic carbocycles. The Kier molecular flexibility index (Phi) is 32.8. The van der Waals surface area contributed by atoms with Gasteiger partial charge in [0, 0.05) is 6.42 Å². The van der Waals surface area contributed by atoms with Crippen molar-refractivity contribution in [3.05, 3.63) is 36.5 Å². The predicted octanol–water partition coefficient (Wildman–Crippen LogP) is 13.0. The lowest BCUT2D eigenvalue weighted by Gasteiger charge is -2.07. The Balaban J connectivity index is 3.24. The van der Waals surface area contributed by atoms with Gasteiger partial charge < -0.3 is 4.74 Å². The molecule has 0 aliphatic carbocycles. The molecule has 0 aromatic rings. The molecule has 0 N–H and O–H groups in total. The summed E-state index contributed by atoms with van der Waals surface area (Å²) in [5.41, 5.74) is 0. The summed E-state index contributed by atoms with van der Waals surface area (Å²) in [5.74, 6) is 0.930. The fraction of sp³-hybridized carbons (Fsp3) is 0.816. The molecule has 0 saturated heterocycles. The molecule has 0 bridgehead atoms. The van der Waals surface area contributed by atoms with Crippen LogP contribution in [-0.4, -0.2) is 12.6 Å². The first kappa shape index (κ1) is 38.7. The first-order chi connectivity index (χ1) is 19.7. The number of allylic oxidation sites excluding steroid dienone is 6. The van der Waals surface area contributed by atoms with Crippen LogP contribution in [-0.2, 0) is 9.53 Å². The quantitative estimate of drug-likeness (QED) is 0.0480. The Hall–Kier alpha value is -1.31. The number of unbranched alkanes of at least 4 members (excludes halogenated alkanes) is 18. The smallest absolute Gasteiger partial charge is 0.305 e. The van der Waals surface area contributed by atoms with E-state index in [2.05, 4.69) is 57.2 Å². The van der Waals surface area contributed by atoms with Gasteiger partial charge in [-0.1, -0.05) is 173 Å². The topological polar surface area (TPSA) is 26.3 Å². The number of hydrogen-bond acceptors (Lipinski definition) is 2. The van der Waals surface area contributed by atoms with E-state index in [1.807, 2.05) is 0 Å². The van der Waals surface area contributed by atoms with E-state index in [-0.39, 0.29) is 5.97 Å². The van der Waals surface area contributed by atoms with Crippen molar-refractivity contribution in [1.82, 2.24) is 0 Å². The summed E-state index contributed by atoms with van der Waals surface area (Å²) in [6.07, 6.45) is 46.2. The molecule has 0 radical (unpaired) electrons. The Morgan fingerprint density at radius 2 is 1.00 bits per heavy atom. The molecule has 40 heavy (non-hydrogen) atoms. The molecule has 0 aliphatic rings. The highest BCUT2D eigenvalue weighted by Gasteiger charge is 2.02. The minimum atomic E-state index is 0.00673. The van der Waals surface area contributed by atoms with Crippen LogP contribution in [0.3, 0.4) is 0 Å². The maximum atomic E-state index is 11.9. The van der Waals surface area contributed by atoms with Gasteiger partial charge in [0.15, 0.2) is 0 Å². The second-order valence-corrected chi connectivity index (χ2v) is 12.1. The van der Waals surface area contributed by atoms with Crippen LogP contribution >= 0.6 is 0 Å². The van der Waals surface area contributed by atoms with Crippen molar-refractivity contribution >= 4 is 5.97 Å². The van der Waals surface area contributed by atoms with E-state index in [1.54, 1.807) is 0 Å². The minimum Gasteiger partial charge on any atom is -0.466 e. The standard InChI is InChI=1S/C38H70O2/c1-4-6-7-8-9-10-11-12-13-17-20-23-26-29-32-35-38(39)40-36-33-30-27-24-21-18-15-14-16-19-22-25-28-31-34-37(3)5-2/h6-7,9-10,12-13,37H,4-5,8,11,14-36H2,1-3H3/b7-6-,10-9-,13-12-. The molecule has 2 heteroatoms. The van der Waals surface area contributed by atoms with Gasteiger partial charge in [-0.3, -0.25) is 4.79 Å². The van der Waals surface area contributed by atoms with Crippen LogP contribution < -0.4 is 0 Å². The average Bonchev–Trinajstić information content (AvgIpc) is 2.96. The molecule has 0 fully saturated rings. The summed E-state index contributed by atoms with van der Waals surface area (Å²) in [5, 5.41) is 0. The average molecular weight is 559 g/mol. The molecule has 0 heterocycles. The zero-order valence-corrected chi connectivity index (χ0v) is 27.4. The van der Waals surface area contributed by atoms with Crippen LogP contribution in [0.2, 0.25) is 0 Å². The zero-order chi connectivity index (χ0) is 29.2. The third-order valence-corrected chi connectivity index (χ3v) is 8.08. The van der Waals surface area contributed by atoms with Crippen LogP contribution in [0.15, 0.2) is 36.5 Å². The van der Waals surface area contributed by atoms with E-state index in [4.69, 9.17) is 4.74 Å². The van der Waals surface area contributed by atoms with Crippen LogP contribution in [0.4, 0.5) is 0 Å². The van der Waals surface area contributed by atoms with Gasteiger partial charge in [0.25, 0.3) is 0 Å². The molecular weight excluding hydrogens is 488 g/mol. The number of carbonyl (C=O) groups excluding carboxylic acids is 1. The van der Waals surface area contributed by atoms with Gasteiger partial charge in [-0.15, -0.1) is 0 Å². The van der Waals surface area contributed by atoms with Gasteiger partial charge >= 0.3 is 5.97 Å². The van der Waals surface area contributed by atoms with Gasteiger partial charge in [0.2, 0.25) is 0 Å². The van der Waals surface area contributed by atoms with Crippen LogP contribution in [0.1, 0.15) is 188 Å². The first-order valence-electron chi connectivity index (χ1n) is 17.8. The highest BCUT2D eigenvalue weighted by atomic mass is 16.5. The van der Waals surface area contributed by atoms with Gasteiger partial charge in [0.05, 0.1) is 6.61 Å². The van der Waals surface area contributed by atoms with Crippen molar-refractivity contribution in [3.63, 3.8) is 0 Å². The fourth-order valence-electron chi connectivity index (χ4n) is 5.07. The first-order valence-corrected chi connectivity index (χ1v) is 17.8. The summed E-state index contributed by atoms with van der Waals surface area (Å²) < 4.78 is 5.43. The van der Waals surface area contributed by atoms with E-state index in [1.165, 1.54) is 122 Å². The summed E-state index contributed by atoms with van der Waals surface area (Å²) in [7, 11) is 0. The van der Waals surface area contributed by atoms with Crippen LogP contribution in [0, 0.1) is 5.92 Å². The number of esters is 1. The second kappa shape index (κ2) is 33.9. The number of ether oxygens (including phenoxy) is 1. The maximum absolute atomic E-state index is 11.9. The van der Waals surface area contributed by atoms with Crippen molar-refractivity contribution in [2.45, 2.75) is 188 Å². The molecule has 2 nitrogen and oxygen atoms in total. The maximum Gasteiger partial charge on any atom is 0.305 e. The number of rotatable bonds is 31. The molecule has 1 atom stereocenters. The monoisotopic (exact) mass is 559 g/mol. The lowest BCUT2D eigenvalue weighted by molar-refractivity contribution is -0.143. The van der Waals surface area contributed by atoms with Crippen molar-refractivity contribution < 1.29 is 9.53 Å². The van der Waals surface area contributed by atoms with Crippen molar-refractivity contribution in [1.29, 1.82) is 0 Å². The molecule has 0 aromatic heterocycles. The Bertz CT molecular complexity index is 588. The molecule has 0 saturated carbocycles. The Morgan fingerprint density at radius 1 is 0.550 bits per heavy atom. The predicted molar refractivity (Wildman–Crippen MR) is 179 cm³/mol. The molecule has 234 valence electrons. The van der Waals surface area contributed by atoms with E-state index < -0.39 is 0 Å². The Labute approximate surface area is 251 Å². The SMILES string of the molecule is CC/C=C\C/C=C\C/C=C\CCCCCCCC(=O)OCCCCCCCCCCCCCCCCC(C)CC. The zero-order valence-electron chi connectivity index (χ0n) is 27.4. The van der Waals surface area contributed by atoms with Crippen molar-refractivity contribution in [3.8, 4) is 0 Å². The van der Waals surface area contributed by atoms with Gasteiger partial charge in [-0.2, -0.15) is 0 Å². The van der Waals surface area contributed by atoms with Crippen LogP contribution in [0.25, 0.3) is 0 Å². The van der Waals surface area contributed by atoms with Gasteiger partial charge in [-0.25, -0.2) is 0 Å². The second-order valence-electron chi connectivity index (χ2n) is 12.1. The summed E-state index contributed by atoms with van der Waals surface area (Å²) in [4.78, 5) is 11.9. The van der Waals surface area contributed by atoms with E-state index in [0.717, 1.165) is 44.4 Å². The number of hydrogen-bond donors (Lipinski definition) is 0. The lowest BCUT2D eigenvalue weighted by atomic mass is 9.99. The van der Waals surface area contributed by atoms with E-state index in [0.29, 0.717) is 13.0 Å². The van der Waals surface area contributed by atoms with Gasteiger partial charge in [-0.05, 0) is 50.9 Å². The summed E-state index contributed by atoms with van der Waals surface area (Å²) >= 11 is 0. The number of carbonyl (C=O) groups is 1. The largest absolute Gasteiger partial charge is 0.466 e. The molecule has 0 spiro atoms. The van der Waals surface area contributed by atoms with E-state index in [9.17, 15) is 4.79 Å². The molecule has 0 amide bonds. The molecule has 0 rings (SSSR count). The highest BCUT2D eigenvalue weighted by Crippen LogP contribution is 2.16. The normalized spacial score (nSPS) is 12.8. The molecule has 0 aliphatic heterocycles. The molecule has 1 unspecified atom stereocenters. The summed E-state index contributed by atoms with van der Waals surface area (Å²) in [6, 6.07) is 0. The van der Waals surface area contributed by atoms with E-state index >= 15 is 0 Å². The highest BCUT2D eigenvalue weighted by molar-refractivity contribution is 5.69. The third-order valence-electron chi connectivity index (χ3n) is 8.08. The third kappa shape index (κ3) is 32.9. The van der Waals surface area contributed by atoms with Crippen LogP contribution in [0.5, 0.6) is 0 Å². The van der Waals surface area contributed by atoms with Crippen molar-refractivity contribution in [2.24, 2.45) is 5.92 Å². The lowest BCUT2D eigenvalue weighted by Crippen LogP contribution is -2.05. The minimum absolute atomic E-state index is 0.00673.